The van der Waals surface area contributed by atoms with E-state index in [1.54, 1.807) is 30.3 Å². The number of benzene rings is 2. The van der Waals surface area contributed by atoms with Gasteiger partial charge in [0.1, 0.15) is 5.71 Å². The van der Waals surface area contributed by atoms with Crippen molar-refractivity contribution < 1.29 is 22.0 Å². The molecule has 0 unspecified atom stereocenters. The fraction of sp³-hybridized carbons (Fsp3) is 0.188. The molecule has 0 aliphatic carbocycles. The van der Waals surface area contributed by atoms with Gasteiger partial charge in [-0.25, -0.2) is 0 Å². The van der Waals surface area contributed by atoms with E-state index in [4.69, 9.17) is 23.2 Å². The van der Waals surface area contributed by atoms with Crippen molar-refractivity contribution in [2.24, 2.45) is 4.99 Å². The van der Waals surface area contributed by atoms with E-state index in [0.717, 1.165) is 7.05 Å². The first-order valence-electron chi connectivity index (χ1n) is 6.56. The summed E-state index contributed by atoms with van der Waals surface area (Å²) >= 11 is 11.9. The van der Waals surface area contributed by atoms with Crippen LogP contribution in [0.1, 0.15) is 5.56 Å². The third-order valence-corrected chi connectivity index (χ3v) is 3.86. The van der Waals surface area contributed by atoms with E-state index in [1.165, 1.54) is 12.1 Å². The molecule has 0 fully saturated rings. The zero-order valence-corrected chi connectivity index (χ0v) is 13.6. The van der Waals surface area contributed by atoms with Crippen LogP contribution in [0.3, 0.4) is 0 Å². The summed E-state index contributed by atoms with van der Waals surface area (Å²) in [6.07, 6.45) is -5.81. The fourth-order valence-corrected chi connectivity index (χ4v) is 2.81. The van der Waals surface area contributed by atoms with Crippen LogP contribution in [0.5, 0.6) is 0 Å². The highest BCUT2D eigenvalue weighted by atomic mass is 35.5. The van der Waals surface area contributed by atoms with Crippen LogP contribution < -0.4 is 0 Å². The molecule has 8 heteroatoms. The second-order valence-electron chi connectivity index (χ2n) is 4.83. The molecule has 1 nitrogen and oxygen atoms in total. The Balaban J connectivity index is 2.60. The Morgan fingerprint density at radius 1 is 0.875 bits per heavy atom. The Hall–Kier alpha value is -1.66. The van der Waals surface area contributed by atoms with Crippen LogP contribution in [0.15, 0.2) is 47.5 Å². The van der Waals surface area contributed by atoms with Gasteiger partial charge in [0.15, 0.2) is 0 Å². The van der Waals surface area contributed by atoms with Crippen LogP contribution in [-0.4, -0.2) is 24.9 Å². The van der Waals surface area contributed by atoms with E-state index in [0.29, 0.717) is 11.1 Å². The van der Waals surface area contributed by atoms with E-state index in [9.17, 15) is 22.0 Å². The van der Waals surface area contributed by atoms with Gasteiger partial charge in [0.25, 0.3) is 0 Å². The standard InChI is InChI=1S/C16H10Cl2F5N/c1-24-14(15(19,20)16(21,22)23)13-11(17)7-10(8-12(13)18)9-5-3-2-4-6-9/h2-8H,1H3/b24-14-. The Morgan fingerprint density at radius 2 is 1.38 bits per heavy atom. The van der Waals surface area contributed by atoms with Gasteiger partial charge < -0.3 is 0 Å². The monoisotopic (exact) mass is 381 g/mol. The second kappa shape index (κ2) is 6.69. The Kier molecular flexibility index (Phi) is 5.20. The van der Waals surface area contributed by atoms with E-state index < -0.39 is 23.4 Å². The normalized spacial score (nSPS) is 13.2. The molecule has 0 bridgehead atoms. The smallest absolute Gasteiger partial charge is 0.286 e. The summed E-state index contributed by atoms with van der Waals surface area (Å²) in [7, 11) is 0.826. The molecule has 0 amide bonds. The summed E-state index contributed by atoms with van der Waals surface area (Å²) in [5, 5.41) is -0.684. The molecule has 0 N–H and O–H groups in total. The maximum atomic E-state index is 13.7. The van der Waals surface area contributed by atoms with E-state index in [1.807, 2.05) is 0 Å². The molecule has 2 aromatic rings. The van der Waals surface area contributed by atoms with Crippen molar-refractivity contribution in [3.63, 3.8) is 0 Å². The van der Waals surface area contributed by atoms with Gasteiger partial charge in [0, 0.05) is 12.6 Å². The number of alkyl halides is 5. The molecular formula is C16H10Cl2F5N. The highest BCUT2D eigenvalue weighted by Gasteiger charge is 2.61. The molecule has 0 heterocycles. The largest absolute Gasteiger partial charge is 0.459 e. The topological polar surface area (TPSA) is 12.4 Å². The van der Waals surface area contributed by atoms with Gasteiger partial charge in [-0.1, -0.05) is 53.5 Å². The summed E-state index contributed by atoms with van der Waals surface area (Å²) in [6.45, 7) is 0. The highest BCUT2D eigenvalue weighted by molar-refractivity contribution is 6.41. The van der Waals surface area contributed by atoms with E-state index in [-0.39, 0.29) is 10.0 Å². The molecule has 2 rings (SSSR count). The lowest BCUT2D eigenvalue weighted by atomic mass is 9.99. The van der Waals surface area contributed by atoms with Crippen LogP contribution in [0.2, 0.25) is 10.0 Å². The average Bonchev–Trinajstić information content (AvgIpc) is 2.50. The predicted molar refractivity (Wildman–Crippen MR) is 85.4 cm³/mol. The SMILES string of the molecule is C/N=C(/c1c(Cl)cc(-c2ccccc2)cc1Cl)C(F)(F)C(F)(F)F. The highest BCUT2D eigenvalue weighted by Crippen LogP contribution is 2.42. The molecule has 0 saturated carbocycles. The fourth-order valence-electron chi connectivity index (χ4n) is 2.14. The zero-order chi connectivity index (χ0) is 18.1. The maximum absolute atomic E-state index is 13.7. The summed E-state index contributed by atoms with van der Waals surface area (Å²) < 4.78 is 65.3. The molecule has 0 spiro atoms. The van der Waals surface area contributed by atoms with Crippen LogP contribution in [-0.2, 0) is 0 Å². The maximum Gasteiger partial charge on any atom is 0.459 e. The van der Waals surface area contributed by atoms with Gasteiger partial charge in [-0.3, -0.25) is 4.99 Å². The Bertz CT molecular complexity index is 747. The van der Waals surface area contributed by atoms with Crippen LogP contribution in [0, 0.1) is 0 Å². The van der Waals surface area contributed by atoms with Gasteiger partial charge >= 0.3 is 12.1 Å². The van der Waals surface area contributed by atoms with Gasteiger partial charge in [0.05, 0.1) is 10.0 Å². The lowest BCUT2D eigenvalue weighted by Gasteiger charge is -2.23. The number of aliphatic imine (C=N–C) groups is 1. The first-order chi connectivity index (χ1) is 11.1. The summed E-state index contributed by atoms with van der Waals surface area (Å²) in [6, 6.07) is 11.2. The van der Waals surface area contributed by atoms with Crippen molar-refractivity contribution >= 4 is 28.9 Å². The second-order valence-corrected chi connectivity index (χ2v) is 5.64. The van der Waals surface area contributed by atoms with Gasteiger partial charge in [-0.2, -0.15) is 22.0 Å². The molecule has 24 heavy (non-hydrogen) atoms. The van der Waals surface area contributed by atoms with Crippen molar-refractivity contribution in [1.82, 2.24) is 0 Å². The van der Waals surface area contributed by atoms with Crippen molar-refractivity contribution in [2.75, 3.05) is 7.05 Å². The van der Waals surface area contributed by atoms with Crippen molar-refractivity contribution in [2.45, 2.75) is 12.1 Å². The van der Waals surface area contributed by atoms with Gasteiger partial charge in [0.2, 0.25) is 0 Å². The number of halogens is 7. The molecule has 0 atom stereocenters. The lowest BCUT2D eigenvalue weighted by Crippen LogP contribution is -2.44. The summed E-state index contributed by atoms with van der Waals surface area (Å²) in [4.78, 5) is 3.10. The molecule has 0 aliphatic rings. The van der Waals surface area contributed by atoms with Crippen molar-refractivity contribution in [1.29, 1.82) is 0 Å². The average molecular weight is 382 g/mol. The molecule has 0 aromatic heterocycles. The molecule has 128 valence electrons. The summed E-state index contributed by atoms with van der Waals surface area (Å²) in [5.41, 5.74) is -0.988. The quantitative estimate of drug-likeness (QED) is 0.438. The first kappa shape index (κ1) is 18.7. The van der Waals surface area contributed by atoms with Crippen LogP contribution >= 0.6 is 23.2 Å². The Morgan fingerprint density at radius 3 is 1.79 bits per heavy atom. The Labute approximate surface area is 144 Å². The predicted octanol–water partition coefficient (Wildman–Crippen LogP) is 6.28. The van der Waals surface area contributed by atoms with Crippen molar-refractivity contribution in [3.8, 4) is 11.1 Å². The molecule has 0 aliphatic heterocycles. The first-order valence-corrected chi connectivity index (χ1v) is 7.32. The minimum absolute atomic E-state index is 0.342. The molecule has 2 aromatic carbocycles. The lowest BCUT2D eigenvalue weighted by molar-refractivity contribution is -0.248. The van der Waals surface area contributed by atoms with E-state index >= 15 is 0 Å². The van der Waals surface area contributed by atoms with Crippen molar-refractivity contribution in [3.05, 3.63) is 58.1 Å². The van der Waals surface area contributed by atoms with E-state index in [2.05, 4.69) is 4.99 Å². The minimum Gasteiger partial charge on any atom is -0.286 e. The van der Waals surface area contributed by atoms with Gasteiger partial charge in [-0.15, -0.1) is 0 Å². The molecule has 0 saturated heterocycles. The van der Waals surface area contributed by atoms with Crippen LogP contribution in [0.4, 0.5) is 22.0 Å². The van der Waals surface area contributed by atoms with Gasteiger partial charge in [-0.05, 0) is 23.3 Å². The van der Waals surface area contributed by atoms with Crippen LogP contribution in [0.25, 0.3) is 11.1 Å². The number of hydrogen-bond acceptors (Lipinski definition) is 1. The zero-order valence-electron chi connectivity index (χ0n) is 12.1. The number of rotatable bonds is 3. The minimum atomic E-state index is -5.81. The number of hydrogen-bond donors (Lipinski definition) is 0. The third-order valence-electron chi connectivity index (χ3n) is 3.26. The molecular weight excluding hydrogens is 372 g/mol. The molecule has 0 radical (unpaired) electrons. The summed E-state index contributed by atoms with van der Waals surface area (Å²) in [5.74, 6) is -5.18. The number of nitrogens with zero attached hydrogens (tertiary/aromatic N) is 1. The third kappa shape index (κ3) is 3.39.